The maximum atomic E-state index is 13.7. The first kappa shape index (κ1) is 15.7. The van der Waals surface area contributed by atoms with Gasteiger partial charge in [-0.25, -0.2) is 4.39 Å². The van der Waals surface area contributed by atoms with Gasteiger partial charge in [0.1, 0.15) is 5.82 Å². The molecule has 1 nitrogen and oxygen atoms in total. The fraction of sp³-hybridized carbons (Fsp3) is 0.375. The molecule has 0 aliphatic carbocycles. The molecule has 2 aromatic rings. The Morgan fingerprint density at radius 3 is 2.55 bits per heavy atom. The van der Waals surface area contributed by atoms with Gasteiger partial charge in [0.05, 0.1) is 6.04 Å². The van der Waals surface area contributed by atoms with Crippen LogP contribution in [0, 0.1) is 19.7 Å². The SMILES string of the molecule is CCCNC(c1cc(C)cc(F)c1)c1sc(C)cc1Br. The van der Waals surface area contributed by atoms with Crippen molar-refractivity contribution in [3.05, 3.63) is 55.4 Å². The summed E-state index contributed by atoms with van der Waals surface area (Å²) < 4.78 is 14.8. The Bertz CT molecular complexity index is 574. The number of nitrogens with one attached hydrogen (secondary N) is 1. The Balaban J connectivity index is 2.43. The Morgan fingerprint density at radius 2 is 2.00 bits per heavy atom. The summed E-state index contributed by atoms with van der Waals surface area (Å²) >= 11 is 5.37. The lowest BCUT2D eigenvalue weighted by Gasteiger charge is -2.19. The average molecular weight is 356 g/mol. The van der Waals surface area contributed by atoms with Crippen molar-refractivity contribution in [2.24, 2.45) is 0 Å². The van der Waals surface area contributed by atoms with Crippen molar-refractivity contribution in [2.45, 2.75) is 33.2 Å². The van der Waals surface area contributed by atoms with Crippen LogP contribution < -0.4 is 5.32 Å². The number of aryl methyl sites for hydroxylation is 2. The number of hydrogen-bond acceptors (Lipinski definition) is 2. The van der Waals surface area contributed by atoms with E-state index in [1.54, 1.807) is 23.5 Å². The fourth-order valence-corrected chi connectivity index (χ4v) is 4.26. The summed E-state index contributed by atoms with van der Waals surface area (Å²) in [6, 6.07) is 7.40. The van der Waals surface area contributed by atoms with Crippen molar-refractivity contribution in [1.82, 2.24) is 5.32 Å². The molecular weight excluding hydrogens is 337 g/mol. The second kappa shape index (κ2) is 6.83. The molecule has 4 heteroatoms. The van der Waals surface area contributed by atoms with Crippen molar-refractivity contribution in [2.75, 3.05) is 6.54 Å². The minimum Gasteiger partial charge on any atom is -0.306 e. The first-order valence-electron chi connectivity index (χ1n) is 6.77. The molecule has 2 rings (SSSR count). The topological polar surface area (TPSA) is 12.0 Å². The molecule has 0 spiro atoms. The molecule has 0 saturated heterocycles. The molecular formula is C16H19BrFNS. The molecule has 0 aliphatic rings. The molecule has 1 heterocycles. The summed E-state index contributed by atoms with van der Waals surface area (Å²) in [5.41, 5.74) is 1.94. The lowest BCUT2D eigenvalue weighted by molar-refractivity contribution is 0.589. The third-order valence-corrected chi connectivity index (χ3v) is 5.13. The molecule has 20 heavy (non-hydrogen) atoms. The van der Waals surface area contributed by atoms with Crippen LogP contribution in [0.15, 0.2) is 28.7 Å². The van der Waals surface area contributed by atoms with Gasteiger partial charge in [-0.1, -0.05) is 13.0 Å². The summed E-state index contributed by atoms with van der Waals surface area (Å²) in [5.74, 6) is -0.173. The lowest BCUT2D eigenvalue weighted by atomic mass is 10.0. The van der Waals surface area contributed by atoms with Gasteiger partial charge in [-0.3, -0.25) is 0 Å². The third kappa shape index (κ3) is 3.68. The van der Waals surface area contributed by atoms with Crippen molar-refractivity contribution in [3.63, 3.8) is 0 Å². The van der Waals surface area contributed by atoms with E-state index < -0.39 is 0 Å². The second-order valence-electron chi connectivity index (χ2n) is 5.02. The van der Waals surface area contributed by atoms with Gasteiger partial charge in [-0.15, -0.1) is 11.3 Å². The summed E-state index contributed by atoms with van der Waals surface area (Å²) in [6.07, 6.45) is 1.05. The van der Waals surface area contributed by atoms with Crippen molar-refractivity contribution in [3.8, 4) is 0 Å². The number of halogens is 2. The van der Waals surface area contributed by atoms with Gasteiger partial charge in [-0.05, 0) is 72.1 Å². The highest BCUT2D eigenvalue weighted by Crippen LogP contribution is 2.36. The van der Waals surface area contributed by atoms with Crippen LogP contribution in [0.3, 0.4) is 0 Å². The molecule has 0 saturated carbocycles. The quantitative estimate of drug-likeness (QED) is 0.761. The first-order valence-corrected chi connectivity index (χ1v) is 8.38. The smallest absolute Gasteiger partial charge is 0.123 e. The van der Waals surface area contributed by atoms with Crippen LogP contribution in [-0.2, 0) is 0 Å². The molecule has 0 aliphatic heterocycles. The number of benzene rings is 1. The highest BCUT2D eigenvalue weighted by atomic mass is 79.9. The summed E-state index contributed by atoms with van der Waals surface area (Å²) in [5, 5.41) is 3.52. The monoisotopic (exact) mass is 355 g/mol. The molecule has 0 bridgehead atoms. The van der Waals surface area contributed by atoms with Crippen molar-refractivity contribution in [1.29, 1.82) is 0 Å². The lowest BCUT2D eigenvalue weighted by Crippen LogP contribution is -2.23. The van der Waals surface area contributed by atoms with Gasteiger partial charge in [0.25, 0.3) is 0 Å². The Hall–Kier alpha value is -0.710. The summed E-state index contributed by atoms with van der Waals surface area (Å²) in [7, 11) is 0. The number of thiophene rings is 1. The van der Waals surface area contributed by atoms with Gasteiger partial charge < -0.3 is 5.32 Å². The Morgan fingerprint density at radius 1 is 1.25 bits per heavy atom. The summed E-state index contributed by atoms with van der Waals surface area (Å²) in [6.45, 7) is 7.06. The predicted molar refractivity (Wildman–Crippen MR) is 88.0 cm³/mol. The largest absolute Gasteiger partial charge is 0.306 e. The van der Waals surface area contributed by atoms with E-state index in [4.69, 9.17) is 0 Å². The molecule has 0 amide bonds. The van der Waals surface area contributed by atoms with Gasteiger partial charge in [-0.2, -0.15) is 0 Å². The minimum absolute atomic E-state index is 0.0393. The maximum absolute atomic E-state index is 13.7. The zero-order valence-corrected chi connectivity index (χ0v) is 14.4. The van der Waals surface area contributed by atoms with E-state index in [-0.39, 0.29) is 11.9 Å². The van der Waals surface area contributed by atoms with E-state index in [2.05, 4.69) is 47.2 Å². The zero-order valence-electron chi connectivity index (χ0n) is 12.0. The first-order chi connectivity index (χ1) is 9.51. The van der Waals surface area contributed by atoms with Crippen LogP contribution in [-0.4, -0.2) is 6.54 Å². The van der Waals surface area contributed by atoms with Crippen molar-refractivity contribution < 1.29 is 4.39 Å². The van der Waals surface area contributed by atoms with E-state index in [0.29, 0.717) is 0 Å². The Kier molecular flexibility index (Phi) is 5.35. The van der Waals surface area contributed by atoms with Crippen LogP contribution in [0.5, 0.6) is 0 Å². The van der Waals surface area contributed by atoms with Gasteiger partial charge >= 0.3 is 0 Å². The van der Waals surface area contributed by atoms with E-state index in [1.165, 1.54) is 9.75 Å². The van der Waals surface area contributed by atoms with E-state index >= 15 is 0 Å². The fourth-order valence-electron chi connectivity index (χ4n) is 2.28. The highest BCUT2D eigenvalue weighted by molar-refractivity contribution is 9.10. The zero-order chi connectivity index (χ0) is 14.7. The molecule has 1 aromatic carbocycles. The Labute approximate surface area is 132 Å². The van der Waals surface area contributed by atoms with Crippen LogP contribution in [0.4, 0.5) is 4.39 Å². The predicted octanol–water partition coefficient (Wildman–Crippen LogP) is 5.36. The van der Waals surface area contributed by atoms with Crippen LogP contribution in [0.2, 0.25) is 0 Å². The van der Waals surface area contributed by atoms with Crippen LogP contribution >= 0.6 is 27.3 Å². The van der Waals surface area contributed by atoms with E-state index in [0.717, 1.165) is 28.6 Å². The van der Waals surface area contributed by atoms with Gasteiger partial charge in [0.15, 0.2) is 0 Å². The maximum Gasteiger partial charge on any atom is 0.123 e. The van der Waals surface area contributed by atoms with Gasteiger partial charge in [0.2, 0.25) is 0 Å². The third-order valence-electron chi connectivity index (χ3n) is 3.09. The molecule has 0 radical (unpaired) electrons. The number of rotatable bonds is 5. The summed E-state index contributed by atoms with van der Waals surface area (Å²) in [4.78, 5) is 2.46. The second-order valence-corrected chi connectivity index (χ2v) is 7.16. The molecule has 1 aromatic heterocycles. The average Bonchev–Trinajstić information content (AvgIpc) is 2.68. The molecule has 108 valence electrons. The van der Waals surface area contributed by atoms with Crippen LogP contribution in [0.1, 0.15) is 40.3 Å². The van der Waals surface area contributed by atoms with E-state index in [1.807, 2.05) is 6.92 Å². The minimum atomic E-state index is -0.173. The van der Waals surface area contributed by atoms with E-state index in [9.17, 15) is 4.39 Å². The molecule has 1 atom stereocenters. The van der Waals surface area contributed by atoms with Crippen LogP contribution in [0.25, 0.3) is 0 Å². The standard InChI is InChI=1S/C16H19BrFNS/c1-4-5-19-15(16-14(17)8-11(3)20-16)12-6-10(2)7-13(18)9-12/h6-9,15,19H,4-5H2,1-3H3. The molecule has 1 N–H and O–H groups in total. The van der Waals surface area contributed by atoms with Gasteiger partial charge in [0, 0.05) is 14.2 Å². The highest BCUT2D eigenvalue weighted by Gasteiger charge is 2.19. The molecule has 1 unspecified atom stereocenters. The molecule has 0 fully saturated rings. The normalized spacial score (nSPS) is 12.7. The van der Waals surface area contributed by atoms with Crippen molar-refractivity contribution >= 4 is 27.3 Å². The number of hydrogen-bond donors (Lipinski definition) is 1.